The highest BCUT2D eigenvalue weighted by molar-refractivity contribution is 5.99. The van der Waals surface area contributed by atoms with Crippen molar-refractivity contribution in [3.63, 3.8) is 0 Å². The number of urea groups is 1. The minimum Gasteiger partial charge on any atom is -0.461 e. The number of carbonyl (C=O) groups is 1. The van der Waals surface area contributed by atoms with Gasteiger partial charge in [-0.2, -0.15) is 4.98 Å². The minimum atomic E-state index is -1.01. The third-order valence-electron chi connectivity index (χ3n) is 4.36. The van der Waals surface area contributed by atoms with E-state index in [1.54, 1.807) is 24.4 Å². The van der Waals surface area contributed by atoms with E-state index in [4.69, 9.17) is 4.74 Å². The number of para-hydroxylation sites is 2. The first-order chi connectivity index (χ1) is 13.7. The molecule has 2 heterocycles. The number of amides is 2. The summed E-state index contributed by atoms with van der Waals surface area (Å²) in [5.74, 6) is 0.224. The molecule has 4 N–H and O–H groups in total. The first kappa shape index (κ1) is 19.8. The Morgan fingerprint density at radius 2 is 2.04 bits per heavy atom. The number of nitrogens with one attached hydrogen (secondary N) is 4. The van der Waals surface area contributed by atoms with Gasteiger partial charge < -0.3 is 25.3 Å². The van der Waals surface area contributed by atoms with Gasteiger partial charge in [-0.25, -0.2) is 9.18 Å². The molecule has 1 aliphatic heterocycles. The smallest absolute Gasteiger partial charge is 0.326 e. The van der Waals surface area contributed by atoms with Gasteiger partial charge in [-0.3, -0.25) is 10.1 Å². The number of carbonyl (C=O) groups excluding carboxylic acids is 1. The fourth-order valence-corrected chi connectivity index (χ4v) is 2.89. The SMILES string of the molecule is O=C(Nc1nc(=O)c(CCN2CCNCC2)c[nH]1)Nc1ccccc1OCF. The lowest BCUT2D eigenvalue weighted by molar-refractivity contribution is 0.192. The van der Waals surface area contributed by atoms with Crippen molar-refractivity contribution >= 4 is 17.7 Å². The molecule has 0 unspecified atom stereocenters. The van der Waals surface area contributed by atoms with Gasteiger partial charge in [-0.1, -0.05) is 12.1 Å². The van der Waals surface area contributed by atoms with Crippen LogP contribution in [0.1, 0.15) is 5.56 Å². The summed E-state index contributed by atoms with van der Waals surface area (Å²) in [4.78, 5) is 33.3. The molecule has 0 atom stereocenters. The zero-order valence-electron chi connectivity index (χ0n) is 15.3. The van der Waals surface area contributed by atoms with Crippen molar-refractivity contribution in [2.45, 2.75) is 6.42 Å². The molecule has 3 rings (SSSR count). The van der Waals surface area contributed by atoms with Crippen LogP contribution in [0, 0.1) is 0 Å². The zero-order valence-corrected chi connectivity index (χ0v) is 15.3. The highest BCUT2D eigenvalue weighted by atomic mass is 19.1. The molecule has 0 bridgehead atoms. The number of anilines is 2. The maximum atomic E-state index is 12.4. The Kier molecular flexibility index (Phi) is 6.93. The number of halogens is 1. The van der Waals surface area contributed by atoms with Crippen LogP contribution in [-0.4, -0.2) is 60.5 Å². The van der Waals surface area contributed by atoms with Crippen LogP contribution in [0.15, 0.2) is 35.3 Å². The van der Waals surface area contributed by atoms with Crippen molar-refractivity contribution in [3.8, 4) is 5.75 Å². The topological polar surface area (TPSA) is 111 Å². The first-order valence-electron chi connectivity index (χ1n) is 9.03. The Bertz CT molecular complexity index is 853. The van der Waals surface area contributed by atoms with Crippen LogP contribution in [0.5, 0.6) is 5.75 Å². The number of benzene rings is 1. The van der Waals surface area contributed by atoms with Crippen molar-refractivity contribution in [3.05, 3.63) is 46.4 Å². The van der Waals surface area contributed by atoms with Crippen LogP contribution < -0.4 is 26.2 Å². The molecule has 1 saturated heterocycles. The maximum Gasteiger partial charge on any atom is 0.326 e. The summed E-state index contributed by atoms with van der Waals surface area (Å²) < 4.78 is 17.2. The van der Waals surface area contributed by atoms with Crippen molar-refractivity contribution in [2.75, 3.05) is 50.2 Å². The van der Waals surface area contributed by atoms with E-state index in [0.29, 0.717) is 17.7 Å². The molecule has 150 valence electrons. The molecule has 9 nitrogen and oxygen atoms in total. The van der Waals surface area contributed by atoms with Gasteiger partial charge in [0.2, 0.25) is 12.8 Å². The highest BCUT2D eigenvalue weighted by Crippen LogP contribution is 2.23. The Morgan fingerprint density at radius 1 is 1.25 bits per heavy atom. The molecule has 1 fully saturated rings. The van der Waals surface area contributed by atoms with Gasteiger partial charge in [0.1, 0.15) is 5.75 Å². The Hall–Kier alpha value is -2.98. The third kappa shape index (κ3) is 5.51. The van der Waals surface area contributed by atoms with Gasteiger partial charge >= 0.3 is 6.03 Å². The van der Waals surface area contributed by atoms with Crippen LogP contribution in [0.2, 0.25) is 0 Å². The van der Waals surface area contributed by atoms with Crippen LogP contribution >= 0.6 is 0 Å². The summed E-state index contributed by atoms with van der Waals surface area (Å²) in [7, 11) is 0. The summed E-state index contributed by atoms with van der Waals surface area (Å²) in [6.07, 6.45) is 2.15. The number of H-pyrrole nitrogens is 1. The van der Waals surface area contributed by atoms with Crippen molar-refractivity contribution in [2.24, 2.45) is 0 Å². The maximum absolute atomic E-state index is 12.4. The predicted octanol–water partition coefficient (Wildman–Crippen LogP) is 1.17. The molecule has 1 aromatic carbocycles. The fraction of sp³-hybridized carbons (Fsp3) is 0.389. The molecule has 28 heavy (non-hydrogen) atoms. The molecule has 0 spiro atoms. The second-order valence-electron chi connectivity index (χ2n) is 6.25. The van der Waals surface area contributed by atoms with E-state index in [-0.39, 0.29) is 17.3 Å². The summed E-state index contributed by atoms with van der Waals surface area (Å²) in [6, 6.07) is 5.80. The summed E-state index contributed by atoms with van der Waals surface area (Å²) >= 11 is 0. The normalized spacial score (nSPS) is 14.5. The average molecular weight is 390 g/mol. The van der Waals surface area contributed by atoms with Crippen molar-refractivity contribution < 1.29 is 13.9 Å². The molecule has 1 aromatic heterocycles. The van der Waals surface area contributed by atoms with Gasteiger partial charge in [-0.05, 0) is 18.6 Å². The van der Waals surface area contributed by atoms with E-state index in [9.17, 15) is 14.0 Å². The number of ether oxygens (including phenoxy) is 1. The van der Waals surface area contributed by atoms with Crippen LogP contribution in [0.3, 0.4) is 0 Å². The monoisotopic (exact) mass is 390 g/mol. The van der Waals surface area contributed by atoms with Crippen molar-refractivity contribution in [1.82, 2.24) is 20.2 Å². The van der Waals surface area contributed by atoms with Crippen LogP contribution in [0.4, 0.5) is 20.8 Å². The van der Waals surface area contributed by atoms with E-state index < -0.39 is 12.9 Å². The second-order valence-corrected chi connectivity index (χ2v) is 6.25. The summed E-state index contributed by atoms with van der Waals surface area (Å²) in [6.45, 7) is 3.59. The summed E-state index contributed by atoms with van der Waals surface area (Å²) in [5, 5.41) is 8.26. The van der Waals surface area contributed by atoms with E-state index in [0.717, 1.165) is 32.7 Å². The molecule has 10 heteroatoms. The van der Waals surface area contributed by atoms with Gasteiger partial charge in [0.15, 0.2) is 0 Å². The van der Waals surface area contributed by atoms with Gasteiger partial charge in [0, 0.05) is 44.5 Å². The number of alkyl halides is 1. The number of piperazine rings is 1. The van der Waals surface area contributed by atoms with Gasteiger partial charge in [0.25, 0.3) is 5.56 Å². The van der Waals surface area contributed by atoms with Crippen LogP contribution in [0.25, 0.3) is 0 Å². The lowest BCUT2D eigenvalue weighted by atomic mass is 10.2. The van der Waals surface area contributed by atoms with Gasteiger partial charge in [-0.15, -0.1) is 0 Å². The first-order valence-corrected chi connectivity index (χ1v) is 9.03. The number of aromatic nitrogens is 2. The number of hydrogen-bond acceptors (Lipinski definition) is 6. The van der Waals surface area contributed by atoms with E-state index >= 15 is 0 Å². The molecule has 0 aliphatic carbocycles. The molecule has 1 aliphatic rings. The summed E-state index contributed by atoms with van der Waals surface area (Å²) in [5.41, 5.74) is 0.476. The quantitative estimate of drug-likeness (QED) is 0.565. The molecule has 2 amide bonds. The lowest BCUT2D eigenvalue weighted by Gasteiger charge is -2.26. The predicted molar refractivity (Wildman–Crippen MR) is 104 cm³/mol. The molecular formula is C18H23FN6O3. The molecule has 0 saturated carbocycles. The standard InChI is InChI=1S/C18H23FN6O3/c19-12-28-15-4-2-1-3-14(15)22-18(27)24-17-21-11-13(16(26)23-17)5-8-25-9-6-20-7-10-25/h1-4,11,20H,5-10,12H2,(H3,21,22,23,24,26,27). The molecule has 0 radical (unpaired) electrons. The lowest BCUT2D eigenvalue weighted by Crippen LogP contribution is -2.44. The van der Waals surface area contributed by atoms with Gasteiger partial charge in [0.05, 0.1) is 5.69 Å². The van der Waals surface area contributed by atoms with Crippen molar-refractivity contribution in [1.29, 1.82) is 0 Å². The molecular weight excluding hydrogens is 367 g/mol. The average Bonchev–Trinajstić information content (AvgIpc) is 2.70. The second kappa shape index (κ2) is 9.81. The fourth-order valence-electron chi connectivity index (χ4n) is 2.89. The Labute approximate surface area is 161 Å². The number of hydrogen-bond donors (Lipinski definition) is 4. The van der Waals surface area contributed by atoms with E-state index in [2.05, 4.69) is 30.8 Å². The third-order valence-corrected chi connectivity index (χ3v) is 4.36. The van der Waals surface area contributed by atoms with Crippen LogP contribution in [-0.2, 0) is 6.42 Å². The minimum absolute atomic E-state index is 0.0253. The highest BCUT2D eigenvalue weighted by Gasteiger charge is 2.12. The van der Waals surface area contributed by atoms with E-state index in [1.807, 2.05) is 0 Å². The Balaban J connectivity index is 1.56. The Morgan fingerprint density at radius 3 is 2.79 bits per heavy atom. The number of nitrogens with zero attached hydrogens (tertiary/aromatic N) is 2. The number of aromatic amines is 1. The number of rotatable bonds is 7. The molecule has 2 aromatic rings. The largest absolute Gasteiger partial charge is 0.461 e. The zero-order chi connectivity index (χ0) is 19.8. The van der Waals surface area contributed by atoms with E-state index in [1.165, 1.54) is 6.07 Å².